The van der Waals surface area contributed by atoms with E-state index in [4.69, 9.17) is 5.11 Å². The van der Waals surface area contributed by atoms with Crippen molar-refractivity contribution in [2.75, 3.05) is 0 Å². The normalized spacial score (nSPS) is 46.4. The van der Waals surface area contributed by atoms with Crippen LogP contribution in [0.15, 0.2) is 0 Å². The second-order valence-electron chi connectivity index (χ2n) is 11.2. The Morgan fingerprint density at radius 3 is 2.48 bits per heavy atom. The van der Waals surface area contributed by atoms with Crippen molar-refractivity contribution in [2.24, 2.45) is 40.4 Å². The maximum Gasteiger partial charge on any atom is 0.303 e. The summed E-state index contributed by atoms with van der Waals surface area (Å²) in [6.45, 7) is 5.34. The van der Waals surface area contributed by atoms with Gasteiger partial charge < -0.3 is 5.11 Å². The molecule has 4 rings (SSSR count). The average molecular weight is 375 g/mol. The Kier molecular flexibility index (Phi) is 5.65. The summed E-state index contributed by atoms with van der Waals surface area (Å²) in [7, 11) is 0. The molecule has 0 aromatic carbocycles. The van der Waals surface area contributed by atoms with E-state index in [0.29, 0.717) is 17.3 Å². The molecule has 0 radical (unpaired) electrons. The van der Waals surface area contributed by atoms with Gasteiger partial charge in [-0.15, -0.1) is 0 Å². The van der Waals surface area contributed by atoms with Gasteiger partial charge in [0.2, 0.25) is 0 Å². The molecule has 27 heavy (non-hydrogen) atoms. The minimum absolute atomic E-state index is 0.355. The molecule has 154 valence electrons. The van der Waals surface area contributed by atoms with Crippen LogP contribution in [0.1, 0.15) is 110 Å². The van der Waals surface area contributed by atoms with E-state index in [0.717, 1.165) is 42.4 Å². The molecular formula is C25H42O2. The Labute approximate surface area is 166 Å². The SMILES string of the molecule is CC12CCCCC1CCC1C2CCC2(C)C(CCCCCC(=O)O)CCC12. The molecule has 2 heteroatoms. The summed E-state index contributed by atoms with van der Waals surface area (Å²) in [5, 5.41) is 8.83. The minimum atomic E-state index is -0.631. The topological polar surface area (TPSA) is 37.3 Å². The largest absolute Gasteiger partial charge is 0.481 e. The fourth-order valence-corrected chi connectivity index (χ4v) is 8.72. The summed E-state index contributed by atoms with van der Waals surface area (Å²) in [6.07, 6.45) is 19.9. The minimum Gasteiger partial charge on any atom is -0.481 e. The smallest absolute Gasteiger partial charge is 0.303 e. The lowest BCUT2D eigenvalue weighted by Gasteiger charge is -2.60. The molecule has 4 fully saturated rings. The molecule has 7 atom stereocenters. The maximum absolute atomic E-state index is 10.7. The molecule has 0 aliphatic heterocycles. The number of rotatable bonds is 6. The van der Waals surface area contributed by atoms with E-state index in [-0.39, 0.29) is 0 Å². The zero-order valence-electron chi connectivity index (χ0n) is 17.8. The highest BCUT2D eigenvalue weighted by Gasteiger charge is 2.59. The number of fused-ring (bicyclic) bond motifs is 5. The number of unbranched alkanes of at least 4 members (excludes halogenated alkanes) is 2. The van der Waals surface area contributed by atoms with Gasteiger partial charge in [-0.3, -0.25) is 4.79 Å². The third kappa shape index (κ3) is 3.48. The Hall–Kier alpha value is -0.530. The van der Waals surface area contributed by atoms with Gasteiger partial charge in [0.25, 0.3) is 0 Å². The maximum atomic E-state index is 10.7. The molecule has 4 aliphatic carbocycles. The van der Waals surface area contributed by atoms with E-state index < -0.39 is 5.97 Å². The Morgan fingerprint density at radius 2 is 1.67 bits per heavy atom. The van der Waals surface area contributed by atoms with E-state index in [2.05, 4.69) is 13.8 Å². The lowest BCUT2D eigenvalue weighted by atomic mass is 9.45. The van der Waals surface area contributed by atoms with Gasteiger partial charge in [-0.1, -0.05) is 39.5 Å². The van der Waals surface area contributed by atoms with E-state index in [1.165, 1.54) is 77.0 Å². The van der Waals surface area contributed by atoms with E-state index >= 15 is 0 Å². The highest BCUT2D eigenvalue weighted by molar-refractivity contribution is 5.66. The first-order chi connectivity index (χ1) is 12.9. The molecule has 4 saturated carbocycles. The quantitative estimate of drug-likeness (QED) is 0.505. The summed E-state index contributed by atoms with van der Waals surface area (Å²) in [6, 6.07) is 0. The second kappa shape index (κ2) is 7.71. The van der Waals surface area contributed by atoms with Gasteiger partial charge in [-0.2, -0.15) is 0 Å². The van der Waals surface area contributed by atoms with Crippen LogP contribution < -0.4 is 0 Å². The van der Waals surface area contributed by atoms with E-state index in [1.54, 1.807) is 0 Å². The number of carbonyl (C=O) groups is 1. The van der Waals surface area contributed by atoms with Crippen molar-refractivity contribution in [2.45, 2.75) is 110 Å². The van der Waals surface area contributed by atoms with Crippen molar-refractivity contribution < 1.29 is 9.90 Å². The number of aliphatic carboxylic acids is 1. The molecule has 0 bridgehead atoms. The third-order valence-corrected chi connectivity index (χ3v) is 10.2. The van der Waals surface area contributed by atoms with Crippen LogP contribution in [0.3, 0.4) is 0 Å². The third-order valence-electron chi connectivity index (χ3n) is 10.2. The molecule has 4 aliphatic rings. The molecular weight excluding hydrogens is 332 g/mol. The highest BCUT2D eigenvalue weighted by Crippen LogP contribution is 2.67. The van der Waals surface area contributed by atoms with Crippen LogP contribution in [0.5, 0.6) is 0 Å². The summed E-state index contributed by atoms with van der Waals surface area (Å²) < 4.78 is 0. The number of hydrogen-bond donors (Lipinski definition) is 1. The van der Waals surface area contributed by atoms with Crippen molar-refractivity contribution in [3.63, 3.8) is 0 Å². The van der Waals surface area contributed by atoms with Crippen molar-refractivity contribution in [1.29, 1.82) is 0 Å². The van der Waals surface area contributed by atoms with Crippen LogP contribution in [0, 0.1) is 40.4 Å². The standard InChI is InChI=1S/C25H42O2/c1-24-16-7-6-9-18(24)11-13-20-21-14-12-19(8-4-3-5-10-23(26)27)25(21,2)17-15-22(20)24/h18-22H,3-17H2,1-2H3,(H,26,27). The van der Waals surface area contributed by atoms with Gasteiger partial charge in [0.05, 0.1) is 0 Å². The van der Waals surface area contributed by atoms with Crippen LogP contribution in [-0.2, 0) is 4.79 Å². The second-order valence-corrected chi connectivity index (χ2v) is 11.2. The molecule has 0 heterocycles. The van der Waals surface area contributed by atoms with Crippen LogP contribution in [0.4, 0.5) is 0 Å². The first kappa shape index (κ1) is 19.8. The molecule has 0 amide bonds. The average Bonchev–Trinajstić information content (AvgIpc) is 2.97. The molecule has 0 aromatic rings. The fraction of sp³-hybridized carbons (Fsp3) is 0.960. The lowest BCUT2D eigenvalue weighted by molar-refractivity contribution is -0.137. The first-order valence-electron chi connectivity index (χ1n) is 12.2. The highest BCUT2D eigenvalue weighted by atomic mass is 16.4. The van der Waals surface area contributed by atoms with Gasteiger partial charge in [-0.25, -0.2) is 0 Å². The monoisotopic (exact) mass is 374 g/mol. The van der Waals surface area contributed by atoms with E-state index in [9.17, 15) is 4.79 Å². The van der Waals surface area contributed by atoms with Crippen molar-refractivity contribution >= 4 is 5.97 Å². The first-order valence-corrected chi connectivity index (χ1v) is 12.2. The molecule has 0 spiro atoms. The van der Waals surface area contributed by atoms with Gasteiger partial charge in [0.1, 0.15) is 0 Å². The van der Waals surface area contributed by atoms with Crippen LogP contribution >= 0.6 is 0 Å². The van der Waals surface area contributed by atoms with Crippen LogP contribution in [-0.4, -0.2) is 11.1 Å². The summed E-state index contributed by atoms with van der Waals surface area (Å²) in [5.41, 5.74) is 1.25. The number of hydrogen-bond acceptors (Lipinski definition) is 1. The summed E-state index contributed by atoms with van der Waals surface area (Å²) in [4.78, 5) is 10.7. The van der Waals surface area contributed by atoms with Gasteiger partial charge in [0, 0.05) is 6.42 Å². The molecule has 0 aromatic heterocycles. The molecule has 7 unspecified atom stereocenters. The fourth-order valence-electron chi connectivity index (χ4n) is 8.72. The van der Waals surface area contributed by atoms with Crippen LogP contribution in [0.25, 0.3) is 0 Å². The predicted molar refractivity (Wildman–Crippen MR) is 111 cm³/mol. The molecule has 1 N–H and O–H groups in total. The lowest BCUT2D eigenvalue weighted by Crippen LogP contribution is -2.52. The number of carboxylic acids is 1. The van der Waals surface area contributed by atoms with Gasteiger partial charge in [0.15, 0.2) is 0 Å². The van der Waals surface area contributed by atoms with Gasteiger partial charge >= 0.3 is 5.97 Å². The predicted octanol–water partition coefficient (Wildman–Crippen LogP) is 7.07. The summed E-state index contributed by atoms with van der Waals surface area (Å²) >= 11 is 0. The Bertz CT molecular complexity index is 542. The molecule has 2 nitrogen and oxygen atoms in total. The Balaban J connectivity index is 1.38. The summed E-state index contributed by atoms with van der Waals surface area (Å²) in [5.74, 6) is 4.32. The number of carboxylic acid groups (broad SMARTS) is 1. The van der Waals surface area contributed by atoms with Crippen molar-refractivity contribution in [1.82, 2.24) is 0 Å². The van der Waals surface area contributed by atoms with E-state index in [1.807, 2.05) is 0 Å². The zero-order valence-corrected chi connectivity index (χ0v) is 17.8. The van der Waals surface area contributed by atoms with Gasteiger partial charge in [-0.05, 0) is 105 Å². The van der Waals surface area contributed by atoms with Crippen molar-refractivity contribution in [3.8, 4) is 0 Å². The van der Waals surface area contributed by atoms with Crippen molar-refractivity contribution in [3.05, 3.63) is 0 Å². The van der Waals surface area contributed by atoms with Crippen LogP contribution in [0.2, 0.25) is 0 Å². The molecule has 0 saturated heterocycles. The zero-order chi connectivity index (χ0) is 19.1. The Morgan fingerprint density at radius 1 is 0.852 bits per heavy atom.